The van der Waals surface area contributed by atoms with Crippen LogP contribution in [0.15, 0.2) is 36.4 Å². The van der Waals surface area contributed by atoms with Gasteiger partial charge in [-0.25, -0.2) is 0 Å². The van der Waals surface area contributed by atoms with Crippen molar-refractivity contribution in [3.63, 3.8) is 0 Å². The van der Waals surface area contributed by atoms with Crippen molar-refractivity contribution in [3.05, 3.63) is 58.9 Å². The van der Waals surface area contributed by atoms with Crippen LogP contribution in [-0.4, -0.2) is 41.6 Å². The van der Waals surface area contributed by atoms with Crippen molar-refractivity contribution in [1.82, 2.24) is 14.8 Å². The van der Waals surface area contributed by atoms with Crippen LogP contribution in [0.2, 0.25) is 0 Å². The molecule has 1 aromatic heterocycles. The third kappa shape index (κ3) is 3.24. The molecule has 2 aromatic rings. The van der Waals surface area contributed by atoms with Gasteiger partial charge in [0.05, 0.1) is 5.56 Å². The quantitative estimate of drug-likeness (QED) is 0.918. The van der Waals surface area contributed by atoms with Gasteiger partial charge in [-0.15, -0.1) is 0 Å². The van der Waals surface area contributed by atoms with Gasteiger partial charge >= 0.3 is 0 Å². The van der Waals surface area contributed by atoms with Gasteiger partial charge in [0, 0.05) is 37.1 Å². The summed E-state index contributed by atoms with van der Waals surface area (Å²) in [6.45, 7) is 6.70. The van der Waals surface area contributed by atoms with Crippen molar-refractivity contribution in [2.45, 2.75) is 39.3 Å². The normalized spacial score (nSPS) is 17.5. The first-order valence-electron chi connectivity index (χ1n) is 8.78. The van der Waals surface area contributed by atoms with Crippen molar-refractivity contribution in [2.24, 2.45) is 0 Å². The zero-order valence-corrected chi connectivity index (χ0v) is 14.9. The summed E-state index contributed by atoms with van der Waals surface area (Å²) in [6.07, 6.45) is 2.19. The van der Waals surface area contributed by atoms with Gasteiger partial charge in [-0.2, -0.15) is 0 Å². The van der Waals surface area contributed by atoms with Crippen molar-refractivity contribution in [3.8, 4) is 0 Å². The highest BCUT2D eigenvalue weighted by atomic mass is 16.2. The number of rotatable bonds is 5. The molecule has 1 fully saturated rings. The minimum Gasteiger partial charge on any atom is -0.344 e. The minimum absolute atomic E-state index is 0.181. The van der Waals surface area contributed by atoms with Crippen LogP contribution in [0.5, 0.6) is 0 Å². The van der Waals surface area contributed by atoms with Crippen LogP contribution >= 0.6 is 0 Å². The van der Waals surface area contributed by atoms with Gasteiger partial charge in [-0.3, -0.25) is 4.79 Å². The average Bonchev–Trinajstić information content (AvgIpc) is 3.15. The van der Waals surface area contributed by atoms with Crippen LogP contribution in [-0.2, 0) is 6.54 Å². The van der Waals surface area contributed by atoms with Crippen molar-refractivity contribution >= 4 is 5.91 Å². The molecule has 0 radical (unpaired) electrons. The molecule has 3 rings (SSSR count). The van der Waals surface area contributed by atoms with E-state index in [9.17, 15) is 4.79 Å². The third-order valence-electron chi connectivity index (χ3n) is 5.07. The molecule has 1 unspecified atom stereocenters. The highest BCUT2D eigenvalue weighted by molar-refractivity contribution is 5.96. The Balaban J connectivity index is 1.84. The molecule has 0 spiro atoms. The van der Waals surface area contributed by atoms with E-state index in [1.165, 1.54) is 5.56 Å². The van der Waals surface area contributed by atoms with Gasteiger partial charge in [0.2, 0.25) is 0 Å². The predicted molar refractivity (Wildman–Crippen MR) is 97.4 cm³/mol. The highest BCUT2D eigenvalue weighted by Crippen LogP contribution is 2.24. The molecule has 1 saturated heterocycles. The number of amides is 1. The summed E-state index contributed by atoms with van der Waals surface area (Å²) in [5, 5.41) is 3.21. The summed E-state index contributed by atoms with van der Waals surface area (Å²) in [4.78, 5) is 15.1. The summed E-state index contributed by atoms with van der Waals surface area (Å²) in [5.41, 5.74) is 4.32. The van der Waals surface area contributed by atoms with Crippen LogP contribution in [0.4, 0.5) is 0 Å². The van der Waals surface area contributed by atoms with Crippen LogP contribution in [0.1, 0.15) is 40.2 Å². The van der Waals surface area contributed by atoms with Gasteiger partial charge in [0.25, 0.3) is 5.91 Å². The molecule has 128 valence electrons. The number of hydrogen-bond acceptors (Lipinski definition) is 2. The summed E-state index contributed by atoms with van der Waals surface area (Å²) >= 11 is 0. The Bertz CT molecular complexity index is 705. The smallest absolute Gasteiger partial charge is 0.255 e. The molecule has 1 aliphatic rings. The van der Waals surface area contributed by atoms with Gasteiger partial charge in [-0.1, -0.05) is 30.3 Å². The number of carbonyl (C=O) groups is 1. The fraction of sp³-hybridized carbons (Fsp3) is 0.450. The molecular weight excluding hydrogens is 298 g/mol. The molecule has 0 saturated carbocycles. The Morgan fingerprint density at radius 2 is 2.00 bits per heavy atom. The lowest BCUT2D eigenvalue weighted by atomic mass is 10.1. The van der Waals surface area contributed by atoms with E-state index >= 15 is 0 Å². The van der Waals surface area contributed by atoms with Gasteiger partial charge < -0.3 is 14.8 Å². The number of benzene rings is 1. The number of aryl methyl sites for hydroxylation is 1. The maximum absolute atomic E-state index is 13.1. The van der Waals surface area contributed by atoms with Crippen LogP contribution < -0.4 is 5.32 Å². The second-order valence-electron chi connectivity index (χ2n) is 6.71. The van der Waals surface area contributed by atoms with Crippen LogP contribution in [0, 0.1) is 13.8 Å². The number of likely N-dealkylation sites (N-methyl/N-ethyl adjacent to an activating group) is 1. The average molecular weight is 325 g/mol. The number of hydrogen-bond donors (Lipinski definition) is 1. The molecule has 4 heteroatoms. The zero-order chi connectivity index (χ0) is 17.1. The fourth-order valence-corrected chi connectivity index (χ4v) is 3.73. The molecule has 4 nitrogen and oxygen atoms in total. The van der Waals surface area contributed by atoms with E-state index < -0.39 is 0 Å². The second-order valence-corrected chi connectivity index (χ2v) is 6.71. The third-order valence-corrected chi connectivity index (χ3v) is 5.07. The van der Waals surface area contributed by atoms with E-state index in [4.69, 9.17) is 0 Å². The summed E-state index contributed by atoms with van der Waals surface area (Å²) in [5.74, 6) is 0.181. The van der Waals surface area contributed by atoms with Crippen molar-refractivity contribution in [2.75, 3.05) is 20.1 Å². The molecule has 1 N–H and O–H groups in total. The summed E-state index contributed by atoms with van der Waals surface area (Å²) < 4.78 is 2.24. The maximum Gasteiger partial charge on any atom is 0.255 e. The fourth-order valence-electron chi connectivity index (χ4n) is 3.73. The van der Waals surface area contributed by atoms with E-state index in [1.54, 1.807) is 0 Å². The van der Waals surface area contributed by atoms with Crippen molar-refractivity contribution in [1.29, 1.82) is 0 Å². The molecule has 1 atom stereocenters. The Hall–Kier alpha value is -2.07. The zero-order valence-electron chi connectivity index (χ0n) is 14.9. The SMILES string of the molecule is CNCC1CCCN1C(=O)c1cc(C)n(Cc2ccccc2)c1C. The Morgan fingerprint density at radius 1 is 1.25 bits per heavy atom. The number of nitrogens with zero attached hydrogens (tertiary/aromatic N) is 2. The summed E-state index contributed by atoms with van der Waals surface area (Å²) in [7, 11) is 1.95. The number of likely N-dealkylation sites (tertiary alicyclic amines) is 1. The lowest BCUT2D eigenvalue weighted by molar-refractivity contribution is 0.0736. The Kier molecular flexibility index (Phi) is 5.05. The van der Waals surface area contributed by atoms with E-state index in [0.717, 1.165) is 49.4 Å². The molecule has 0 bridgehead atoms. The monoisotopic (exact) mass is 325 g/mol. The first kappa shape index (κ1) is 16.8. The Morgan fingerprint density at radius 3 is 2.71 bits per heavy atom. The van der Waals surface area contributed by atoms with E-state index in [1.807, 2.05) is 18.0 Å². The lowest BCUT2D eigenvalue weighted by Crippen LogP contribution is -2.41. The maximum atomic E-state index is 13.1. The van der Waals surface area contributed by atoms with Crippen molar-refractivity contribution < 1.29 is 4.79 Å². The molecular formula is C20H27N3O. The van der Waals surface area contributed by atoms with E-state index in [2.05, 4.69) is 54.1 Å². The van der Waals surface area contributed by atoms with E-state index in [-0.39, 0.29) is 5.91 Å². The molecule has 1 aliphatic heterocycles. The molecule has 0 aliphatic carbocycles. The number of carbonyl (C=O) groups excluding carboxylic acids is 1. The topological polar surface area (TPSA) is 37.3 Å². The van der Waals surface area contributed by atoms with Gasteiger partial charge in [0.15, 0.2) is 0 Å². The Labute approximate surface area is 144 Å². The van der Waals surface area contributed by atoms with Crippen LogP contribution in [0.25, 0.3) is 0 Å². The first-order valence-corrected chi connectivity index (χ1v) is 8.78. The molecule has 1 aromatic carbocycles. The first-order chi connectivity index (χ1) is 11.6. The van der Waals surface area contributed by atoms with Gasteiger partial charge in [0.1, 0.15) is 0 Å². The van der Waals surface area contributed by atoms with E-state index in [0.29, 0.717) is 6.04 Å². The van der Waals surface area contributed by atoms with Crippen LogP contribution in [0.3, 0.4) is 0 Å². The molecule has 2 heterocycles. The summed E-state index contributed by atoms with van der Waals surface area (Å²) in [6, 6.07) is 12.8. The molecule has 1 amide bonds. The van der Waals surface area contributed by atoms with Gasteiger partial charge in [-0.05, 0) is 45.4 Å². The lowest BCUT2D eigenvalue weighted by Gasteiger charge is -2.24. The highest BCUT2D eigenvalue weighted by Gasteiger charge is 2.30. The second kappa shape index (κ2) is 7.22. The minimum atomic E-state index is 0.181. The standard InChI is InChI=1S/C20H27N3O/c1-15-12-19(20(24)22-11-7-10-18(22)13-21-3)16(2)23(15)14-17-8-5-4-6-9-17/h4-6,8-9,12,18,21H,7,10-11,13-14H2,1-3H3. The predicted octanol–water partition coefficient (Wildman–Crippen LogP) is 2.98. The number of nitrogens with one attached hydrogen (secondary N) is 1. The largest absolute Gasteiger partial charge is 0.344 e. The number of aromatic nitrogens is 1. The molecule has 24 heavy (non-hydrogen) atoms.